The van der Waals surface area contributed by atoms with Gasteiger partial charge in [0.15, 0.2) is 5.60 Å². The Labute approximate surface area is 82.7 Å². The molecule has 1 N–H and O–H groups in total. The van der Waals surface area contributed by atoms with Crippen LogP contribution in [-0.2, 0) is 0 Å². The standard InChI is InChI=1S/C9H18F3NO/c1-5-8(14,9(10,11)12)6-13(4)7(2)3/h7,14H,5-6H2,1-4H3. The highest BCUT2D eigenvalue weighted by Crippen LogP contribution is 2.33. The molecule has 86 valence electrons. The summed E-state index contributed by atoms with van der Waals surface area (Å²) in [5.41, 5.74) is -2.59. The third-order valence-corrected chi connectivity index (χ3v) is 2.51. The molecule has 5 heteroatoms. The van der Waals surface area contributed by atoms with Gasteiger partial charge in [0.25, 0.3) is 0 Å². The van der Waals surface area contributed by atoms with Crippen LogP contribution in [0.25, 0.3) is 0 Å². The number of alkyl halides is 3. The molecule has 0 radical (unpaired) electrons. The van der Waals surface area contributed by atoms with Crippen molar-refractivity contribution in [3.8, 4) is 0 Å². The number of hydrogen-bond acceptors (Lipinski definition) is 2. The maximum Gasteiger partial charge on any atom is 0.418 e. The zero-order valence-electron chi connectivity index (χ0n) is 9.02. The fourth-order valence-corrected chi connectivity index (χ4v) is 0.997. The molecule has 14 heavy (non-hydrogen) atoms. The highest BCUT2D eigenvalue weighted by atomic mass is 19.4. The topological polar surface area (TPSA) is 23.5 Å². The predicted molar refractivity (Wildman–Crippen MR) is 49.1 cm³/mol. The van der Waals surface area contributed by atoms with E-state index < -0.39 is 11.8 Å². The first-order chi connectivity index (χ1) is 6.14. The summed E-state index contributed by atoms with van der Waals surface area (Å²) < 4.78 is 37.4. The number of aliphatic hydroxyl groups is 1. The van der Waals surface area contributed by atoms with Crippen molar-refractivity contribution in [1.82, 2.24) is 4.90 Å². The van der Waals surface area contributed by atoms with E-state index in [1.165, 1.54) is 11.8 Å². The first-order valence-electron chi connectivity index (χ1n) is 4.63. The van der Waals surface area contributed by atoms with Crippen molar-refractivity contribution in [2.24, 2.45) is 0 Å². The summed E-state index contributed by atoms with van der Waals surface area (Å²) >= 11 is 0. The average Bonchev–Trinajstić information content (AvgIpc) is 2.01. The second kappa shape index (κ2) is 4.49. The van der Waals surface area contributed by atoms with Gasteiger partial charge in [-0.3, -0.25) is 0 Å². The molecule has 0 spiro atoms. The van der Waals surface area contributed by atoms with Crippen LogP contribution in [0.15, 0.2) is 0 Å². The largest absolute Gasteiger partial charge is 0.418 e. The normalized spacial score (nSPS) is 17.6. The quantitative estimate of drug-likeness (QED) is 0.772. The molecule has 0 aromatic carbocycles. The van der Waals surface area contributed by atoms with Gasteiger partial charge in [0.2, 0.25) is 0 Å². The molecule has 0 aliphatic carbocycles. The molecule has 0 saturated heterocycles. The number of rotatable bonds is 4. The summed E-state index contributed by atoms with van der Waals surface area (Å²) in [6.07, 6.45) is -4.89. The molecule has 0 saturated carbocycles. The van der Waals surface area contributed by atoms with E-state index in [-0.39, 0.29) is 19.0 Å². The third-order valence-electron chi connectivity index (χ3n) is 2.51. The minimum atomic E-state index is -4.56. The molecule has 0 amide bonds. The van der Waals surface area contributed by atoms with Gasteiger partial charge in [0.1, 0.15) is 0 Å². The van der Waals surface area contributed by atoms with E-state index in [0.717, 1.165) is 0 Å². The predicted octanol–water partition coefficient (Wildman–Crippen LogP) is 2.03. The SMILES string of the molecule is CCC(O)(CN(C)C(C)C)C(F)(F)F. The lowest BCUT2D eigenvalue weighted by Gasteiger charge is -2.34. The van der Waals surface area contributed by atoms with Crippen molar-refractivity contribution in [3.63, 3.8) is 0 Å². The van der Waals surface area contributed by atoms with E-state index >= 15 is 0 Å². The Morgan fingerprint density at radius 3 is 1.93 bits per heavy atom. The van der Waals surface area contributed by atoms with Crippen LogP contribution in [0.2, 0.25) is 0 Å². The van der Waals surface area contributed by atoms with Crippen molar-refractivity contribution in [2.45, 2.75) is 45.0 Å². The van der Waals surface area contributed by atoms with Crippen LogP contribution in [0.5, 0.6) is 0 Å². The first kappa shape index (κ1) is 13.7. The second-order valence-electron chi connectivity index (χ2n) is 3.89. The fraction of sp³-hybridized carbons (Fsp3) is 1.00. The maximum absolute atomic E-state index is 12.5. The molecule has 0 fully saturated rings. The van der Waals surface area contributed by atoms with Crippen LogP contribution in [-0.4, -0.2) is 41.4 Å². The van der Waals surface area contributed by atoms with Crippen molar-refractivity contribution in [3.05, 3.63) is 0 Å². The Bertz CT molecular complexity index is 181. The van der Waals surface area contributed by atoms with Gasteiger partial charge in [-0.1, -0.05) is 6.92 Å². The molecular formula is C9H18F3NO. The lowest BCUT2D eigenvalue weighted by atomic mass is 9.99. The monoisotopic (exact) mass is 213 g/mol. The molecule has 0 rings (SSSR count). The molecule has 0 heterocycles. The maximum atomic E-state index is 12.5. The van der Waals surface area contributed by atoms with E-state index in [4.69, 9.17) is 0 Å². The lowest BCUT2D eigenvalue weighted by molar-refractivity contribution is -0.266. The Morgan fingerprint density at radius 2 is 1.71 bits per heavy atom. The Morgan fingerprint density at radius 1 is 1.29 bits per heavy atom. The molecule has 2 nitrogen and oxygen atoms in total. The molecule has 0 aliphatic heterocycles. The summed E-state index contributed by atoms with van der Waals surface area (Å²) in [5, 5.41) is 9.41. The van der Waals surface area contributed by atoms with Crippen molar-refractivity contribution >= 4 is 0 Å². The lowest BCUT2D eigenvalue weighted by Crippen LogP contribution is -2.53. The Balaban J connectivity index is 4.57. The smallest absolute Gasteiger partial charge is 0.379 e. The molecule has 1 unspecified atom stereocenters. The highest BCUT2D eigenvalue weighted by molar-refractivity contribution is 4.88. The summed E-state index contributed by atoms with van der Waals surface area (Å²) in [5.74, 6) is 0. The van der Waals surface area contributed by atoms with Crippen LogP contribution in [0.3, 0.4) is 0 Å². The van der Waals surface area contributed by atoms with Gasteiger partial charge < -0.3 is 10.0 Å². The zero-order valence-corrected chi connectivity index (χ0v) is 9.02. The van der Waals surface area contributed by atoms with Crippen molar-refractivity contribution in [2.75, 3.05) is 13.6 Å². The highest BCUT2D eigenvalue weighted by Gasteiger charge is 2.52. The molecule has 1 atom stereocenters. The number of nitrogens with zero attached hydrogens (tertiary/aromatic N) is 1. The second-order valence-corrected chi connectivity index (χ2v) is 3.89. The van der Waals surface area contributed by atoms with Gasteiger partial charge in [-0.2, -0.15) is 13.2 Å². The minimum absolute atomic E-state index is 0.0181. The van der Waals surface area contributed by atoms with E-state index in [0.29, 0.717) is 0 Å². The van der Waals surface area contributed by atoms with E-state index in [9.17, 15) is 18.3 Å². The summed E-state index contributed by atoms with van der Waals surface area (Å²) in [6.45, 7) is 4.52. The number of halogens is 3. The van der Waals surface area contributed by atoms with Crippen LogP contribution in [0.1, 0.15) is 27.2 Å². The molecule has 0 aromatic rings. The Kier molecular flexibility index (Phi) is 4.39. The minimum Gasteiger partial charge on any atom is -0.379 e. The molecule has 0 aromatic heterocycles. The van der Waals surface area contributed by atoms with Crippen molar-refractivity contribution in [1.29, 1.82) is 0 Å². The Hall–Kier alpha value is -0.290. The summed E-state index contributed by atoms with van der Waals surface area (Å²) in [7, 11) is 1.57. The van der Waals surface area contributed by atoms with Crippen molar-refractivity contribution < 1.29 is 18.3 Å². The van der Waals surface area contributed by atoms with Crippen LogP contribution in [0, 0.1) is 0 Å². The van der Waals surface area contributed by atoms with Crippen LogP contribution in [0.4, 0.5) is 13.2 Å². The fourth-order valence-electron chi connectivity index (χ4n) is 0.997. The molecule has 0 aliphatic rings. The first-order valence-corrected chi connectivity index (χ1v) is 4.63. The van der Waals surface area contributed by atoms with Gasteiger partial charge in [-0.15, -0.1) is 0 Å². The average molecular weight is 213 g/mol. The van der Waals surface area contributed by atoms with Gasteiger partial charge in [0, 0.05) is 12.6 Å². The van der Waals surface area contributed by atoms with Crippen LogP contribution < -0.4 is 0 Å². The summed E-state index contributed by atoms with van der Waals surface area (Å²) in [6, 6.07) is -0.0181. The zero-order chi connectivity index (χ0) is 11.6. The van der Waals surface area contributed by atoms with Gasteiger partial charge in [-0.25, -0.2) is 0 Å². The number of likely N-dealkylation sites (N-methyl/N-ethyl adjacent to an activating group) is 1. The van der Waals surface area contributed by atoms with Crippen LogP contribution >= 0.6 is 0 Å². The van der Waals surface area contributed by atoms with E-state index in [1.54, 1.807) is 20.9 Å². The van der Waals surface area contributed by atoms with Gasteiger partial charge in [0.05, 0.1) is 0 Å². The molecular weight excluding hydrogens is 195 g/mol. The third kappa shape index (κ3) is 3.13. The van der Waals surface area contributed by atoms with E-state index in [1.807, 2.05) is 0 Å². The molecule has 0 bridgehead atoms. The number of hydrogen-bond donors (Lipinski definition) is 1. The summed E-state index contributed by atoms with van der Waals surface area (Å²) in [4.78, 5) is 1.48. The van der Waals surface area contributed by atoms with E-state index in [2.05, 4.69) is 0 Å². The van der Waals surface area contributed by atoms with Gasteiger partial charge >= 0.3 is 6.18 Å². The van der Waals surface area contributed by atoms with Gasteiger partial charge in [-0.05, 0) is 27.3 Å².